The van der Waals surface area contributed by atoms with E-state index in [1.54, 1.807) is 0 Å². The Bertz CT molecular complexity index is 1450. The van der Waals surface area contributed by atoms with Crippen molar-refractivity contribution in [1.82, 2.24) is 9.80 Å². The van der Waals surface area contributed by atoms with Crippen LogP contribution in [0.15, 0.2) is 88.8 Å². The predicted molar refractivity (Wildman–Crippen MR) is 158 cm³/mol. The van der Waals surface area contributed by atoms with Crippen molar-refractivity contribution in [2.75, 3.05) is 31.1 Å². The molecule has 0 radical (unpaired) electrons. The first-order valence-corrected chi connectivity index (χ1v) is 14.5. The van der Waals surface area contributed by atoms with Gasteiger partial charge in [-0.3, -0.25) is 14.5 Å². The number of carbonyl (C=O) groups is 2. The number of amidine groups is 2. The first-order chi connectivity index (χ1) is 19.1. The van der Waals surface area contributed by atoms with Crippen molar-refractivity contribution in [2.45, 2.75) is 24.6 Å². The standard InChI is InChI=1S/C30H28ClN5O2S/c31-24-12-6-4-8-21(24)20-39-30-32-25-13-7-5-11-23(25)28-33-29(38)26(36(28)30)14-15-27(37)35-18-16-34(17-19-35)22-9-2-1-3-10-22/h1-13,26H,14-20H2. The van der Waals surface area contributed by atoms with Gasteiger partial charge in [-0.25, -0.2) is 4.99 Å². The summed E-state index contributed by atoms with van der Waals surface area (Å²) in [4.78, 5) is 41.8. The Kier molecular flexibility index (Phi) is 7.39. The van der Waals surface area contributed by atoms with Crippen LogP contribution >= 0.6 is 23.4 Å². The van der Waals surface area contributed by atoms with Crippen LogP contribution in [0, 0.1) is 0 Å². The van der Waals surface area contributed by atoms with Gasteiger partial charge >= 0.3 is 0 Å². The molecule has 0 aromatic heterocycles. The van der Waals surface area contributed by atoms with Gasteiger partial charge in [0.1, 0.15) is 11.9 Å². The number of hydrogen-bond donors (Lipinski definition) is 0. The summed E-state index contributed by atoms with van der Waals surface area (Å²) in [6.45, 7) is 2.94. The minimum absolute atomic E-state index is 0.0728. The molecule has 39 heavy (non-hydrogen) atoms. The van der Waals surface area contributed by atoms with Gasteiger partial charge in [-0.15, -0.1) is 0 Å². The van der Waals surface area contributed by atoms with Crippen LogP contribution in [0.1, 0.15) is 24.0 Å². The maximum atomic E-state index is 13.2. The van der Waals surface area contributed by atoms with Crippen LogP contribution in [-0.2, 0) is 15.3 Å². The molecule has 1 saturated heterocycles. The first kappa shape index (κ1) is 25.6. The Labute approximate surface area is 237 Å². The van der Waals surface area contributed by atoms with E-state index in [1.165, 1.54) is 17.4 Å². The second kappa shape index (κ2) is 11.2. The summed E-state index contributed by atoms with van der Waals surface area (Å²) in [5.41, 5.74) is 3.79. The second-order valence-electron chi connectivity index (χ2n) is 9.69. The Morgan fingerprint density at radius 3 is 2.41 bits per heavy atom. The minimum atomic E-state index is -0.555. The number of rotatable bonds is 6. The van der Waals surface area contributed by atoms with Crippen LogP contribution in [0.3, 0.4) is 0 Å². The van der Waals surface area contributed by atoms with Crippen LogP contribution in [0.25, 0.3) is 0 Å². The fraction of sp³-hybridized carbons (Fsp3) is 0.267. The number of aliphatic imine (C=N–C) groups is 2. The number of amides is 2. The van der Waals surface area contributed by atoms with Crippen LogP contribution in [0.4, 0.5) is 11.4 Å². The molecule has 3 aliphatic rings. The largest absolute Gasteiger partial charge is 0.368 e. The Morgan fingerprint density at radius 1 is 0.897 bits per heavy atom. The number of carbonyl (C=O) groups excluding carboxylic acids is 2. The third kappa shape index (κ3) is 5.31. The van der Waals surface area contributed by atoms with Gasteiger partial charge in [0.2, 0.25) is 5.91 Å². The maximum Gasteiger partial charge on any atom is 0.270 e. The normalized spacial score (nSPS) is 18.4. The van der Waals surface area contributed by atoms with Crippen molar-refractivity contribution in [2.24, 2.45) is 9.98 Å². The Hall–Kier alpha value is -3.62. The summed E-state index contributed by atoms with van der Waals surface area (Å²) in [6.07, 6.45) is 0.669. The second-order valence-corrected chi connectivity index (χ2v) is 11.0. The molecule has 3 aliphatic heterocycles. The third-order valence-electron chi connectivity index (χ3n) is 7.31. The van der Waals surface area contributed by atoms with Crippen molar-refractivity contribution in [3.8, 4) is 0 Å². The summed E-state index contributed by atoms with van der Waals surface area (Å²) in [5.74, 6) is 1.06. The SMILES string of the molecule is O=C1N=C2c3ccccc3N=C(SCc3ccccc3Cl)N2C1CCC(=O)N1CCN(c2ccccc2)CC1. The molecule has 9 heteroatoms. The molecule has 3 heterocycles. The highest BCUT2D eigenvalue weighted by molar-refractivity contribution is 8.13. The van der Waals surface area contributed by atoms with Gasteiger partial charge in [-0.2, -0.15) is 4.99 Å². The van der Waals surface area contributed by atoms with Gasteiger partial charge in [-0.1, -0.05) is 71.9 Å². The zero-order valence-corrected chi connectivity index (χ0v) is 22.9. The summed E-state index contributed by atoms with van der Waals surface area (Å²) in [6, 6.07) is 25.2. The van der Waals surface area contributed by atoms with Crippen molar-refractivity contribution < 1.29 is 9.59 Å². The van der Waals surface area contributed by atoms with Crippen molar-refractivity contribution in [3.05, 3.63) is 95.0 Å². The van der Waals surface area contributed by atoms with E-state index in [-0.39, 0.29) is 18.2 Å². The number of nitrogens with zero attached hydrogens (tertiary/aromatic N) is 5. The van der Waals surface area contributed by atoms with Crippen molar-refractivity contribution in [3.63, 3.8) is 0 Å². The van der Waals surface area contributed by atoms with E-state index in [4.69, 9.17) is 16.6 Å². The molecule has 6 rings (SSSR count). The average molecular weight is 558 g/mol. The molecule has 3 aromatic carbocycles. The van der Waals surface area contributed by atoms with E-state index in [0.717, 1.165) is 29.9 Å². The quantitative estimate of drug-likeness (QED) is 0.408. The van der Waals surface area contributed by atoms with Gasteiger partial charge in [0.05, 0.1) is 5.69 Å². The molecule has 2 amide bonds. The highest BCUT2D eigenvalue weighted by atomic mass is 35.5. The van der Waals surface area contributed by atoms with E-state index in [9.17, 15) is 9.59 Å². The maximum absolute atomic E-state index is 13.2. The smallest absolute Gasteiger partial charge is 0.270 e. The van der Waals surface area contributed by atoms with E-state index in [0.29, 0.717) is 41.3 Å². The first-order valence-electron chi connectivity index (χ1n) is 13.1. The molecule has 3 aromatic rings. The molecule has 1 unspecified atom stereocenters. The third-order valence-corrected chi connectivity index (χ3v) is 8.68. The summed E-state index contributed by atoms with van der Waals surface area (Å²) < 4.78 is 0. The highest BCUT2D eigenvalue weighted by Crippen LogP contribution is 2.36. The van der Waals surface area contributed by atoms with Crippen molar-refractivity contribution in [1.29, 1.82) is 0 Å². The lowest BCUT2D eigenvalue weighted by Gasteiger charge is -2.36. The van der Waals surface area contributed by atoms with E-state index >= 15 is 0 Å². The van der Waals surface area contributed by atoms with Gasteiger partial charge in [0, 0.05) is 54.6 Å². The molecule has 0 N–H and O–H groups in total. The van der Waals surface area contributed by atoms with Crippen LogP contribution in [0.2, 0.25) is 5.02 Å². The summed E-state index contributed by atoms with van der Waals surface area (Å²) >= 11 is 7.93. The van der Waals surface area contributed by atoms with Gasteiger partial charge < -0.3 is 9.80 Å². The van der Waals surface area contributed by atoms with Crippen LogP contribution < -0.4 is 4.90 Å². The lowest BCUT2D eigenvalue weighted by Crippen LogP contribution is -2.49. The molecule has 1 atom stereocenters. The van der Waals surface area contributed by atoms with Crippen LogP contribution in [-0.4, -0.2) is 64.8 Å². The zero-order valence-electron chi connectivity index (χ0n) is 21.4. The number of fused-ring (bicyclic) bond motifs is 3. The summed E-state index contributed by atoms with van der Waals surface area (Å²) in [7, 11) is 0. The predicted octanol–water partition coefficient (Wildman–Crippen LogP) is 5.36. The number of hydrogen-bond acceptors (Lipinski definition) is 6. The average Bonchev–Trinajstić information content (AvgIpc) is 3.32. The number of para-hydroxylation sites is 2. The molecule has 1 fully saturated rings. The van der Waals surface area contributed by atoms with Gasteiger partial charge in [0.15, 0.2) is 5.17 Å². The van der Waals surface area contributed by atoms with E-state index < -0.39 is 6.04 Å². The minimum Gasteiger partial charge on any atom is -0.368 e. The van der Waals surface area contributed by atoms with Crippen molar-refractivity contribution >= 4 is 57.6 Å². The van der Waals surface area contributed by atoms with E-state index in [2.05, 4.69) is 22.0 Å². The number of thioether (sulfide) groups is 1. The lowest BCUT2D eigenvalue weighted by molar-refractivity contribution is -0.131. The fourth-order valence-corrected chi connectivity index (χ4v) is 6.54. The lowest BCUT2D eigenvalue weighted by atomic mass is 10.1. The number of halogens is 1. The molecule has 0 aliphatic carbocycles. The fourth-order valence-electron chi connectivity index (χ4n) is 5.21. The summed E-state index contributed by atoms with van der Waals surface area (Å²) in [5, 5.41) is 1.40. The Morgan fingerprint density at radius 2 is 1.62 bits per heavy atom. The van der Waals surface area contributed by atoms with Gasteiger partial charge in [-0.05, 0) is 42.3 Å². The number of anilines is 1. The Balaban J connectivity index is 1.14. The van der Waals surface area contributed by atoms with E-state index in [1.807, 2.05) is 76.5 Å². The van der Waals surface area contributed by atoms with Gasteiger partial charge in [0.25, 0.3) is 5.91 Å². The molecular weight excluding hydrogens is 530 g/mol. The molecule has 0 spiro atoms. The van der Waals surface area contributed by atoms with Crippen LogP contribution in [0.5, 0.6) is 0 Å². The number of piperazine rings is 1. The molecule has 198 valence electrons. The molecule has 7 nitrogen and oxygen atoms in total. The number of benzene rings is 3. The topological polar surface area (TPSA) is 68.6 Å². The monoisotopic (exact) mass is 557 g/mol. The molecule has 0 saturated carbocycles. The molecule has 0 bridgehead atoms. The highest BCUT2D eigenvalue weighted by Gasteiger charge is 2.42. The zero-order chi connectivity index (χ0) is 26.8. The molecular formula is C30H28ClN5O2S.